The molecule has 0 atom stereocenters. The van der Waals surface area contributed by atoms with E-state index in [1.54, 1.807) is 24.3 Å². The minimum Gasteiger partial charge on any atom is -0.322 e. The van der Waals surface area contributed by atoms with Crippen molar-refractivity contribution in [1.29, 1.82) is 0 Å². The molecule has 0 heterocycles. The highest BCUT2D eigenvalue weighted by Gasteiger charge is 2.13. The van der Waals surface area contributed by atoms with Gasteiger partial charge < -0.3 is 5.32 Å². The maximum atomic E-state index is 12.4. The molecular formula is C22H20N2O3S. The van der Waals surface area contributed by atoms with Crippen molar-refractivity contribution in [2.24, 2.45) is 0 Å². The number of carbonyl (C=O) groups is 1. The van der Waals surface area contributed by atoms with Crippen LogP contribution in [0, 0.1) is 0 Å². The monoisotopic (exact) mass is 392 g/mol. The first-order valence-corrected chi connectivity index (χ1v) is 10.2. The van der Waals surface area contributed by atoms with Crippen LogP contribution in [0.15, 0.2) is 96.4 Å². The molecule has 3 aromatic carbocycles. The molecule has 0 aromatic heterocycles. The highest BCUT2D eigenvalue weighted by Crippen LogP contribution is 2.20. The summed E-state index contributed by atoms with van der Waals surface area (Å²) in [7, 11) is -3.58. The van der Waals surface area contributed by atoms with E-state index in [-0.39, 0.29) is 17.3 Å². The van der Waals surface area contributed by atoms with E-state index in [0.717, 1.165) is 11.1 Å². The third kappa shape index (κ3) is 4.73. The van der Waals surface area contributed by atoms with E-state index >= 15 is 0 Å². The second-order valence-electron chi connectivity index (χ2n) is 6.06. The average Bonchev–Trinajstić information content (AvgIpc) is 2.73. The van der Waals surface area contributed by atoms with Gasteiger partial charge in [0.15, 0.2) is 0 Å². The third-order valence-corrected chi connectivity index (χ3v) is 5.53. The number of benzene rings is 3. The summed E-state index contributed by atoms with van der Waals surface area (Å²) in [6.45, 7) is 3.63. The number of nitrogens with one attached hydrogen (secondary N) is 2. The summed E-state index contributed by atoms with van der Waals surface area (Å²) in [5.74, 6) is -0.264. The number of hydrogen-bond acceptors (Lipinski definition) is 3. The van der Waals surface area contributed by atoms with Crippen LogP contribution in [0.3, 0.4) is 0 Å². The van der Waals surface area contributed by atoms with E-state index in [1.165, 1.54) is 18.2 Å². The van der Waals surface area contributed by atoms with Crippen molar-refractivity contribution < 1.29 is 13.2 Å². The number of sulfonamides is 1. The van der Waals surface area contributed by atoms with Crippen LogP contribution < -0.4 is 10.0 Å². The Balaban J connectivity index is 1.68. The molecular weight excluding hydrogens is 372 g/mol. The third-order valence-electron chi connectivity index (χ3n) is 4.09. The van der Waals surface area contributed by atoms with E-state index in [2.05, 4.69) is 16.6 Å². The molecule has 0 aliphatic carbocycles. The molecule has 0 spiro atoms. The van der Waals surface area contributed by atoms with Gasteiger partial charge >= 0.3 is 0 Å². The first-order valence-electron chi connectivity index (χ1n) is 8.67. The van der Waals surface area contributed by atoms with Crippen molar-refractivity contribution in [3.05, 3.63) is 97.1 Å². The maximum Gasteiger partial charge on any atom is 0.255 e. The van der Waals surface area contributed by atoms with Gasteiger partial charge in [0.05, 0.1) is 4.90 Å². The van der Waals surface area contributed by atoms with Gasteiger partial charge in [-0.05, 0) is 47.5 Å². The first kappa shape index (κ1) is 19.5. The Hall–Kier alpha value is -3.22. The summed E-state index contributed by atoms with van der Waals surface area (Å²) < 4.78 is 26.5. The molecule has 0 unspecified atom stereocenters. The molecule has 2 N–H and O–H groups in total. The molecule has 142 valence electrons. The maximum absolute atomic E-state index is 12.4. The number of hydrogen-bond donors (Lipinski definition) is 2. The molecule has 3 aromatic rings. The predicted molar refractivity (Wildman–Crippen MR) is 112 cm³/mol. The summed E-state index contributed by atoms with van der Waals surface area (Å²) in [5, 5.41) is 2.77. The Morgan fingerprint density at radius 1 is 0.857 bits per heavy atom. The molecule has 5 nitrogen and oxygen atoms in total. The Labute approximate surface area is 164 Å². The van der Waals surface area contributed by atoms with Crippen molar-refractivity contribution in [2.75, 3.05) is 11.9 Å². The van der Waals surface area contributed by atoms with Crippen molar-refractivity contribution in [2.45, 2.75) is 4.90 Å². The lowest BCUT2D eigenvalue weighted by Gasteiger charge is -2.08. The van der Waals surface area contributed by atoms with Crippen LogP contribution in [-0.4, -0.2) is 20.9 Å². The van der Waals surface area contributed by atoms with Gasteiger partial charge in [0.2, 0.25) is 10.0 Å². The summed E-state index contributed by atoms with van der Waals surface area (Å²) >= 11 is 0. The number of rotatable bonds is 7. The highest BCUT2D eigenvalue weighted by atomic mass is 32.2. The number of carbonyl (C=O) groups excluding carboxylic acids is 1. The zero-order chi connectivity index (χ0) is 20.0. The van der Waals surface area contributed by atoms with Crippen LogP contribution in [0.5, 0.6) is 0 Å². The van der Waals surface area contributed by atoms with Gasteiger partial charge in [-0.2, -0.15) is 0 Å². The van der Waals surface area contributed by atoms with Gasteiger partial charge in [-0.15, -0.1) is 6.58 Å². The molecule has 0 fully saturated rings. The molecule has 0 saturated carbocycles. The van der Waals surface area contributed by atoms with Crippen molar-refractivity contribution in [1.82, 2.24) is 4.72 Å². The van der Waals surface area contributed by atoms with Gasteiger partial charge in [0, 0.05) is 17.8 Å². The van der Waals surface area contributed by atoms with Gasteiger partial charge in [-0.3, -0.25) is 4.79 Å². The van der Waals surface area contributed by atoms with Gasteiger partial charge in [-0.1, -0.05) is 48.5 Å². The van der Waals surface area contributed by atoms with Crippen LogP contribution >= 0.6 is 0 Å². The summed E-state index contributed by atoms with van der Waals surface area (Å²) in [5.41, 5.74) is 3.14. The van der Waals surface area contributed by atoms with Crippen molar-refractivity contribution in [3.63, 3.8) is 0 Å². The second-order valence-corrected chi connectivity index (χ2v) is 7.83. The van der Waals surface area contributed by atoms with Crippen LogP contribution in [0.4, 0.5) is 5.69 Å². The quantitative estimate of drug-likeness (QED) is 0.595. The van der Waals surface area contributed by atoms with E-state index in [4.69, 9.17) is 0 Å². The molecule has 0 radical (unpaired) electrons. The highest BCUT2D eigenvalue weighted by molar-refractivity contribution is 7.89. The van der Waals surface area contributed by atoms with Crippen LogP contribution in [-0.2, 0) is 10.0 Å². The minimum absolute atomic E-state index is 0.125. The first-order chi connectivity index (χ1) is 13.5. The molecule has 0 bridgehead atoms. The Morgan fingerprint density at radius 3 is 2.07 bits per heavy atom. The van der Waals surface area contributed by atoms with Crippen LogP contribution in [0.1, 0.15) is 10.4 Å². The van der Waals surface area contributed by atoms with E-state index < -0.39 is 10.0 Å². The Morgan fingerprint density at radius 2 is 1.46 bits per heavy atom. The number of anilines is 1. The fourth-order valence-electron chi connectivity index (χ4n) is 2.62. The zero-order valence-electron chi connectivity index (χ0n) is 15.1. The lowest BCUT2D eigenvalue weighted by atomic mass is 10.0. The Bertz CT molecular complexity index is 1060. The molecule has 0 aliphatic heterocycles. The van der Waals surface area contributed by atoms with Crippen LogP contribution in [0.2, 0.25) is 0 Å². The van der Waals surface area contributed by atoms with E-state index in [9.17, 15) is 13.2 Å². The molecule has 28 heavy (non-hydrogen) atoms. The number of amides is 1. The lowest BCUT2D eigenvalue weighted by molar-refractivity contribution is 0.102. The predicted octanol–water partition coefficient (Wildman–Crippen LogP) is 4.07. The van der Waals surface area contributed by atoms with Gasteiger partial charge in [-0.25, -0.2) is 13.1 Å². The molecule has 0 saturated heterocycles. The topological polar surface area (TPSA) is 75.3 Å². The van der Waals surface area contributed by atoms with Gasteiger partial charge in [0.1, 0.15) is 0 Å². The molecule has 3 rings (SSSR count). The zero-order valence-corrected chi connectivity index (χ0v) is 15.9. The normalized spacial score (nSPS) is 11.0. The second kappa shape index (κ2) is 8.65. The van der Waals surface area contributed by atoms with E-state index in [0.29, 0.717) is 11.3 Å². The Kier molecular flexibility index (Phi) is 6.03. The molecule has 6 heteroatoms. The molecule has 1 amide bonds. The summed E-state index contributed by atoms with van der Waals surface area (Å²) in [4.78, 5) is 12.6. The summed E-state index contributed by atoms with van der Waals surface area (Å²) in [6, 6.07) is 23.2. The molecule has 0 aliphatic rings. The van der Waals surface area contributed by atoms with E-state index in [1.807, 2.05) is 42.5 Å². The summed E-state index contributed by atoms with van der Waals surface area (Å²) in [6.07, 6.45) is 1.47. The standard InChI is InChI=1S/C22H20N2O3S/c1-2-16-23-28(26,27)21-14-12-20(13-15-21)24-22(25)19-10-8-18(9-11-19)17-6-4-3-5-7-17/h2-15,23H,1,16H2,(H,24,25). The van der Waals surface area contributed by atoms with Crippen LogP contribution in [0.25, 0.3) is 11.1 Å². The fourth-order valence-corrected chi connectivity index (χ4v) is 3.62. The van der Waals surface area contributed by atoms with Crippen molar-refractivity contribution in [3.8, 4) is 11.1 Å². The van der Waals surface area contributed by atoms with Crippen molar-refractivity contribution >= 4 is 21.6 Å². The fraction of sp³-hybridized carbons (Fsp3) is 0.0455. The smallest absolute Gasteiger partial charge is 0.255 e. The largest absolute Gasteiger partial charge is 0.322 e. The average molecular weight is 392 g/mol. The lowest BCUT2D eigenvalue weighted by Crippen LogP contribution is -2.23. The minimum atomic E-state index is -3.58. The SMILES string of the molecule is C=CCNS(=O)(=O)c1ccc(NC(=O)c2ccc(-c3ccccc3)cc2)cc1. The van der Waals surface area contributed by atoms with Gasteiger partial charge in [0.25, 0.3) is 5.91 Å².